The lowest BCUT2D eigenvalue weighted by Crippen LogP contribution is -2.43. The molecule has 0 aliphatic heterocycles. The van der Waals surface area contributed by atoms with E-state index in [9.17, 15) is 4.79 Å². The number of carbonyl (C=O) groups excluding carboxylic acids is 1. The van der Waals surface area contributed by atoms with Gasteiger partial charge in [0.1, 0.15) is 12.4 Å². The van der Waals surface area contributed by atoms with E-state index in [2.05, 4.69) is 39.7 Å². The average molecular weight is 522 g/mol. The van der Waals surface area contributed by atoms with Crippen LogP contribution in [0, 0.1) is 0 Å². The van der Waals surface area contributed by atoms with Crippen molar-refractivity contribution in [1.82, 2.24) is 16.0 Å². The molecule has 0 unspecified atom stereocenters. The van der Waals surface area contributed by atoms with Crippen molar-refractivity contribution in [2.24, 2.45) is 4.99 Å². The number of hydrogen-bond donors (Lipinski definition) is 3. The summed E-state index contributed by atoms with van der Waals surface area (Å²) >= 11 is 0. The van der Waals surface area contributed by atoms with Gasteiger partial charge in [0, 0.05) is 18.7 Å². The highest BCUT2D eigenvalue weighted by Crippen LogP contribution is 2.18. The van der Waals surface area contributed by atoms with Gasteiger partial charge in [0.25, 0.3) is 0 Å². The average Bonchev–Trinajstić information content (AvgIpc) is 2.75. The Bertz CT molecular complexity index is 797. The van der Waals surface area contributed by atoms with Gasteiger partial charge >= 0.3 is 0 Å². The number of nitrogens with one attached hydrogen (secondary N) is 3. The predicted octanol–water partition coefficient (Wildman–Crippen LogP) is 3.28. The fourth-order valence-corrected chi connectivity index (χ4v) is 2.65. The number of amides is 1. The molecule has 162 valence electrons. The van der Waals surface area contributed by atoms with Gasteiger partial charge in [-0.2, -0.15) is 0 Å². The molecule has 0 aliphatic carbocycles. The molecule has 0 saturated heterocycles. The molecule has 30 heavy (non-hydrogen) atoms. The summed E-state index contributed by atoms with van der Waals surface area (Å²) < 4.78 is 5.67. The Morgan fingerprint density at radius 3 is 2.53 bits per heavy atom. The van der Waals surface area contributed by atoms with E-state index in [0.29, 0.717) is 32.2 Å². The van der Waals surface area contributed by atoms with Gasteiger partial charge in [0.2, 0.25) is 5.91 Å². The molecule has 0 aliphatic rings. The molecule has 1 amide bonds. The van der Waals surface area contributed by atoms with Gasteiger partial charge in [0.15, 0.2) is 5.96 Å². The number of halogens is 1. The van der Waals surface area contributed by atoms with Crippen LogP contribution < -0.4 is 20.7 Å². The van der Waals surface area contributed by atoms with Crippen LogP contribution in [0.5, 0.6) is 5.75 Å². The van der Waals surface area contributed by atoms with Crippen LogP contribution in [0.25, 0.3) is 0 Å². The van der Waals surface area contributed by atoms with Gasteiger partial charge in [-0.25, -0.2) is 4.99 Å². The molecule has 0 spiro atoms. The monoisotopic (exact) mass is 522 g/mol. The normalized spacial score (nSPS) is 10.5. The number of rotatable bonds is 11. The first-order valence-electron chi connectivity index (χ1n) is 9.87. The summed E-state index contributed by atoms with van der Waals surface area (Å²) in [6.07, 6.45) is 2.52. The summed E-state index contributed by atoms with van der Waals surface area (Å²) in [7, 11) is 0. The standard InChI is InChI=1S/C23H30N4O2.HI/c1-3-16-29-21-13-9-8-12-20(21)17-26-23(24-4-2)27-18-22(28)25-15-14-19-10-6-5-7-11-19;/h3,5-13H,1,4,14-18H2,2H3,(H,25,28)(H2,24,26,27);1H. The minimum absolute atomic E-state index is 0. The van der Waals surface area contributed by atoms with Crippen molar-refractivity contribution < 1.29 is 9.53 Å². The predicted molar refractivity (Wildman–Crippen MR) is 134 cm³/mol. The van der Waals surface area contributed by atoms with Crippen molar-refractivity contribution in [3.05, 3.63) is 78.4 Å². The molecule has 0 saturated carbocycles. The zero-order valence-corrected chi connectivity index (χ0v) is 19.7. The molecule has 2 aromatic rings. The Kier molecular flexibility index (Phi) is 13.0. The molecule has 0 aromatic heterocycles. The van der Waals surface area contributed by atoms with E-state index in [1.165, 1.54) is 5.56 Å². The number of aliphatic imine (C=N–C) groups is 1. The van der Waals surface area contributed by atoms with Crippen LogP contribution in [-0.4, -0.2) is 38.1 Å². The number of para-hydroxylation sites is 1. The Morgan fingerprint density at radius 1 is 1.07 bits per heavy atom. The van der Waals surface area contributed by atoms with Crippen LogP contribution in [0.4, 0.5) is 0 Å². The van der Waals surface area contributed by atoms with E-state index in [4.69, 9.17) is 4.74 Å². The minimum atomic E-state index is -0.0683. The zero-order chi connectivity index (χ0) is 20.7. The highest BCUT2D eigenvalue weighted by molar-refractivity contribution is 14.0. The lowest BCUT2D eigenvalue weighted by atomic mass is 10.1. The van der Waals surface area contributed by atoms with E-state index in [0.717, 1.165) is 17.7 Å². The summed E-state index contributed by atoms with van der Waals surface area (Å²) in [5, 5.41) is 9.15. The van der Waals surface area contributed by atoms with Gasteiger partial charge < -0.3 is 20.7 Å². The van der Waals surface area contributed by atoms with Gasteiger partial charge in [-0.3, -0.25) is 4.79 Å². The molecule has 2 aromatic carbocycles. The maximum absolute atomic E-state index is 12.1. The third-order valence-corrected chi connectivity index (χ3v) is 4.08. The van der Waals surface area contributed by atoms with Crippen molar-refractivity contribution in [2.45, 2.75) is 19.9 Å². The first-order valence-corrected chi connectivity index (χ1v) is 9.87. The fraction of sp³-hybridized carbons (Fsp3) is 0.304. The summed E-state index contributed by atoms with van der Waals surface area (Å²) in [5.74, 6) is 1.30. The summed E-state index contributed by atoms with van der Waals surface area (Å²) in [6, 6.07) is 17.8. The van der Waals surface area contributed by atoms with Crippen LogP contribution in [0.1, 0.15) is 18.1 Å². The SMILES string of the molecule is C=CCOc1ccccc1CN=C(NCC)NCC(=O)NCCc1ccccc1.I. The molecule has 0 fully saturated rings. The topological polar surface area (TPSA) is 74.8 Å². The lowest BCUT2D eigenvalue weighted by molar-refractivity contribution is -0.119. The third-order valence-electron chi connectivity index (χ3n) is 4.08. The summed E-state index contributed by atoms with van der Waals surface area (Å²) in [5.41, 5.74) is 2.17. The molecule has 7 heteroatoms. The maximum Gasteiger partial charge on any atom is 0.239 e. The first-order chi connectivity index (χ1) is 14.2. The van der Waals surface area contributed by atoms with Gasteiger partial charge in [-0.05, 0) is 25.0 Å². The summed E-state index contributed by atoms with van der Waals surface area (Å²) in [4.78, 5) is 16.7. The quantitative estimate of drug-likeness (QED) is 0.183. The Hall–Kier alpha value is -2.55. The van der Waals surface area contributed by atoms with Crippen molar-refractivity contribution in [2.75, 3.05) is 26.2 Å². The van der Waals surface area contributed by atoms with Crippen LogP contribution in [0.15, 0.2) is 72.2 Å². The molecular formula is C23H31IN4O2. The minimum Gasteiger partial charge on any atom is -0.489 e. The third kappa shape index (κ3) is 9.78. The van der Waals surface area contributed by atoms with Crippen molar-refractivity contribution in [3.8, 4) is 5.75 Å². The fourth-order valence-electron chi connectivity index (χ4n) is 2.65. The molecule has 0 atom stereocenters. The van der Waals surface area contributed by atoms with Crippen LogP contribution in [0.3, 0.4) is 0 Å². The van der Waals surface area contributed by atoms with Gasteiger partial charge in [-0.1, -0.05) is 61.2 Å². The number of ether oxygens (including phenoxy) is 1. The number of guanidine groups is 1. The van der Waals surface area contributed by atoms with Crippen LogP contribution >= 0.6 is 24.0 Å². The van der Waals surface area contributed by atoms with E-state index in [-0.39, 0.29) is 36.4 Å². The number of benzene rings is 2. The largest absolute Gasteiger partial charge is 0.489 e. The molecule has 0 bridgehead atoms. The lowest BCUT2D eigenvalue weighted by Gasteiger charge is -2.13. The second-order valence-electron chi connectivity index (χ2n) is 6.34. The van der Waals surface area contributed by atoms with Crippen LogP contribution in [0.2, 0.25) is 0 Å². The highest BCUT2D eigenvalue weighted by Gasteiger charge is 2.05. The highest BCUT2D eigenvalue weighted by atomic mass is 127. The van der Waals surface area contributed by atoms with E-state index in [1.54, 1.807) is 6.08 Å². The second-order valence-corrected chi connectivity index (χ2v) is 6.34. The molecular weight excluding hydrogens is 491 g/mol. The van der Waals surface area contributed by atoms with Crippen LogP contribution in [-0.2, 0) is 17.8 Å². The zero-order valence-electron chi connectivity index (χ0n) is 17.4. The van der Waals surface area contributed by atoms with E-state index < -0.39 is 0 Å². The van der Waals surface area contributed by atoms with E-state index in [1.807, 2.05) is 49.4 Å². The number of hydrogen-bond acceptors (Lipinski definition) is 3. The van der Waals surface area contributed by atoms with Crippen molar-refractivity contribution in [1.29, 1.82) is 0 Å². The number of carbonyl (C=O) groups is 1. The maximum atomic E-state index is 12.1. The Morgan fingerprint density at radius 2 is 1.80 bits per heavy atom. The second kappa shape index (κ2) is 15.3. The molecule has 2 rings (SSSR count). The summed E-state index contributed by atoms with van der Waals surface area (Å²) in [6.45, 7) is 8.02. The first kappa shape index (κ1) is 25.5. The molecule has 0 radical (unpaired) electrons. The molecule has 3 N–H and O–H groups in total. The van der Waals surface area contributed by atoms with E-state index >= 15 is 0 Å². The molecule has 6 nitrogen and oxygen atoms in total. The Balaban J connectivity index is 0.00000450. The van der Waals surface area contributed by atoms with Gasteiger partial charge in [0.05, 0.1) is 13.1 Å². The van der Waals surface area contributed by atoms with Crippen molar-refractivity contribution >= 4 is 35.8 Å². The van der Waals surface area contributed by atoms with Gasteiger partial charge in [-0.15, -0.1) is 24.0 Å². The molecule has 0 heterocycles. The van der Waals surface area contributed by atoms with Crippen molar-refractivity contribution in [3.63, 3.8) is 0 Å². The number of nitrogens with zero attached hydrogens (tertiary/aromatic N) is 1. The Labute approximate surface area is 196 Å². The smallest absolute Gasteiger partial charge is 0.239 e.